The van der Waals surface area contributed by atoms with E-state index in [2.05, 4.69) is 0 Å². The van der Waals surface area contributed by atoms with E-state index in [1.807, 2.05) is 38.1 Å². The summed E-state index contributed by atoms with van der Waals surface area (Å²) in [6.07, 6.45) is 3.75. The van der Waals surface area contributed by atoms with Gasteiger partial charge in [0.2, 0.25) is 0 Å². The number of benzene rings is 1. The zero-order chi connectivity index (χ0) is 14.8. The molecule has 0 bridgehead atoms. The van der Waals surface area contributed by atoms with Gasteiger partial charge in [-0.05, 0) is 38.1 Å². The summed E-state index contributed by atoms with van der Waals surface area (Å²) in [4.78, 5) is 11.4. The molecule has 1 aromatic carbocycles. The lowest BCUT2D eigenvalue weighted by molar-refractivity contribution is 0.0663. The molecule has 0 spiro atoms. The van der Waals surface area contributed by atoms with Gasteiger partial charge in [-0.15, -0.1) is 0 Å². The SMILES string of the molecule is COc1ccc2ccc(=O)oc2c1/C=C/C(C)(C)OC. The molecule has 0 fully saturated rings. The summed E-state index contributed by atoms with van der Waals surface area (Å²) >= 11 is 0. The molecule has 0 aliphatic carbocycles. The van der Waals surface area contributed by atoms with Gasteiger partial charge in [-0.3, -0.25) is 0 Å². The smallest absolute Gasteiger partial charge is 0.336 e. The number of ether oxygens (including phenoxy) is 2. The van der Waals surface area contributed by atoms with Crippen molar-refractivity contribution in [3.8, 4) is 5.75 Å². The molecule has 106 valence electrons. The first-order valence-corrected chi connectivity index (χ1v) is 6.32. The van der Waals surface area contributed by atoms with Crippen molar-refractivity contribution >= 4 is 17.0 Å². The van der Waals surface area contributed by atoms with Crippen LogP contribution < -0.4 is 10.4 Å². The summed E-state index contributed by atoms with van der Waals surface area (Å²) in [6.45, 7) is 3.88. The molecule has 1 aromatic heterocycles. The van der Waals surface area contributed by atoms with Gasteiger partial charge in [-0.25, -0.2) is 4.79 Å². The molecule has 4 heteroatoms. The number of methoxy groups -OCH3 is 2. The van der Waals surface area contributed by atoms with Crippen molar-refractivity contribution in [3.05, 3.63) is 46.3 Å². The molecule has 0 N–H and O–H groups in total. The molecule has 0 saturated heterocycles. The van der Waals surface area contributed by atoms with Gasteiger partial charge in [0.05, 0.1) is 18.3 Å². The zero-order valence-electron chi connectivity index (χ0n) is 12.1. The summed E-state index contributed by atoms with van der Waals surface area (Å²) in [5.74, 6) is 0.648. The van der Waals surface area contributed by atoms with E-state index < -0.39 is 5.60 Å². The Balaban J connectivity index is 2.65. The Morgan fingerprint density at radius 3 is 2.50 bits per heavy atom. The van der Waals surface area contributed by atoms with Crippen molar-refractivity contribution in [1.29, 1.82) is 0 Å². The van der Waals surface area contributed by atoms with Crippen molar-refractivity contribution in [1.82, 2.24) is 0 Å². The van der Waals surface area contributed by atoms with E-state index in [0.717, 1.165) is 10.9 Å². The number of hydrogen-bond donors (Lipinski definition) is 0. The van der Waals surface area contributed by atoms with Crippen molar-refractivity contribution < 1.29 is 13.9 Å². The molecular formula is C16H18O4. The van der Waals surface area contributed by atoms with Crippen molar-refractivity contribution in [2.75, 3.05) is 14.2 Å². The molecule has 0 unspecified atom stereocenters. The highest BCUT2D eigenvalue weighted by molar-refractivity contribution is 5.88. The van der Waals surface area contributed by atoms with Crippen LogP contribution in [0.15, 0.2) is 39.6 Å². The third kappa shape index (κ3) is 2.91. The second-order valence-corrected chi connectivity index (χ2v) is 5.00. The maximum absolute atomic E-state index is 11.4. The van der Waals surface area contributed by atoms with E-state index in [4.69, 9.17) is 13.9 Å². The first-order chi connectivity index (χ1) is 9.46. The minimum Gasteiger partial charge on any atom is -0.496 e. The molecule has 20 heavy (non-hydrogen) atoms. The summed E-state index contributed by atoms with van der Waals surface area (Å²) in [5.41, 5.74) is 0.446. The molecule has 1 heterocycles. The van der Waals surface area contributed by atoms with Gasteiger partial charge in [0.15, 0.2) is 0 Å². The average molecular weight is 274 g/mol. The number of rotatable bonds is 4. The van der Waals surface area contributed by atoms with Crippen molar-refractivity contribution in [2.24, 2.45) is 0 Å². The van der Waals surface area contributed by atoms with E-state index in [9.17, 15) is 4.79 Å². The van der Waals surface area contributed by atoms with Crippen molar-refractivity contribution in [2.45, 2.75) is 19.4 Å². The normalized spacial score (nSPS) is 12.2. The molecule has 2 aromatic rings. The Bertz CT molecular complexity index is 695. The van der Waals surface area contributed by atoms with E-state index in [0.29, 0.717) is 11.3 Å². The van der Waals surface area contributed by atoms with Crippen LogP contribution in [0.2, 0.25) is 0 Å². The quantitative estimate of drug-likeness (QED) is 0.803. The van der Waals surface area contributed by atoms with Crippen LogP contribution in [0.3, 0.4) is 0 Å². The second-order valence-electron chi connectivity index (χ2n) is 5.00. The van der Waals surface area contributed by atoms with Crippen LogP contribution in [0.25, 0.3) is 17.0 Å². The Morgan fingerprint density at radius 1 is 1.15 bits per heavy atom. The third-order valence-electron chi connectivity index (χ3n) is 3.19. The predicted octanol–water partition coefficient (Wildman–Crippen LogP) is 3.24. The van der Waals surface area contributed by atoms with Gasteiger partial charge < -0.3 is 13.9 Å². The summed E-state index contributed by atoms with van der Waals surface area (Å²) in [7, 11) is 3.23. The lowest BCUT2D eigenvalue weighted by Gasteiger charge is -2.18. The van der Waals surface area contributed by atoms with Gasteiger partial charge in [0.25, 0.3) is 0 Å². The van der Waals surface area contributed by atoms with E-state index in [-0.39, 0.29) is 5.63 Å². The standard InChI is InChI=1S/C16H18O4/c1-16(2,19-4)10-9-12-13(18-3)7-5-11-6-8-14(17)20-15(11)12/h5-10H,1-4H3/b10-9+. The Kier molecular flexibility index (Phi) is 3.95. The summed E-state index contributed by atoms with van der Waals surface area (Å²) in [5, 5.41) is 0.847. The molecule has 0 aliphatic heterocycles. The summed E-state index contributed by atoms with van der Waals surface area (Å²) < 4.78 is 16.0. The molecule has 2 rings (SSSR count). The van der Waals surface area contributed by atoms with Gasteiger partial charge in [0, 0.05) is 18.6 Å². The maximum atomic E-state index is 11.4. The van der Waals surface area contributed by atoms with Crippen LogP contribution in [0.1, 0.15) is 19.4 Å². The fourth-order valence-corrected chi connectivity index (χ4v) is 1.82. The summed E-state index contributed by atoms with van der Waals surface area (Å²) in [6, 6.07) is 6.85. The van der Waals surface area contributed by atoms with Crippen LogP contribution in [-0.4, -0.2) is 19.8 Å². The zero-order valence-corrected chi connectivity index (χ0v) is 12.1. The average Bonchev–Trinajstić information content (AvgIpc) is 2.44. The van der Waals surface area contributed by atoms with E-state index >= 15 is 0 Å². The van der Waals surface area contributed by atoms with Gasteiger partial charge in [0.1, 0.15) is 11.3 Å². The van der Waals surface area contributed by atoms with Crippen LogP contribution in [-0.2, 0) is 4.74 Å². The molecule has 0 saturated carbocycles. The molecule has 0 amide bonds. The minimum absolute atomic E-state index is 0.383. The highest BCUT2D eigenvalue weighted by atomic mass is 16.5. The minimum atomic E-state index is -0.414. The fraction of sp³-hybridized carbons (Fsp3) is 0.312. The molecule has 4 nitrogen and oxygen atoms in total. The topological polar surface area (TPSA) is 48.7 Å². The highest BCUT2D eigenvalue weighted by Crippen LogP contribution is 2.29. The van der Waals surface area contributed by atoms with Crippen LogP contribution >= 0.6 is 0 Å². The van der Waals surface area contributed by atoms with E-state index in [1.165, 1.54) is 6.07 Å². The second kappa shape index (κ2) is 5.51. The lowest BCUT2D eigenvalue weighted by atomic mass is 10.0. The molecule has 0 radical (unpaired) electrons. The first-order valence-electron chi connectivity index (χ1n) is 6.32. The Hall–Kier alpha value is -2.07. The monoisotopic (exact) mass is 274 g/mol. The molecule has 0 aliphatic rings. The first kappa shape index (κ1) is 14.3. The van der Waals surface area contributed by atoms with Crippen LogP contribution in [0.5, 0.6) is 5.75 Å². The number of fused-ring (bicyclic) bond motifs is 1. The van der Waals surface area contributed by atoms with Crippen LogP contribution in [0.4, 0.5) is 0 Å². The van der Waals surface area contributed by atoms with Gasteiger partial charge in [-0.1, -0.05) is 6.08 Å². The Labute approximate surface area is 117 Å². The number of hydrogen-bond acceptors (Lipinski definition) is 4. The largest absolute Gasteiger partial charge is 0.496 e. The lowest BCUT2D eigenvalue weighted by Crippen LogP contribution is -2.18. The van der Waals surface area contributed by atoms with Gasteiger partial charge in [-0.2, -0.15) is 0 Å². The van der Waals surface area contributed by atoms with Gasteiger partial charge >= 0.3 is 5.63 Å². The maximum Gasteiger partial charge on any atom is 0.336 e. The predicted molar refractivity (Wildman–Crippen MR) is 79.2 cm³/mol. The van der Waals surface area contributed by atoms with Crippen LogP contribution in [0, 0.1) is 0 Å². The fourth-order valence-electron chi connectivity index (χ4n) is 1.82. The highest BCUT2D eigenvalue weighted by Gasteiger charge is 2.13. The Morgan fingerprint density at radius 2 is 1.85 bits per heavy atom. The third-order valence-corrected chi connectivity index (χ3v) is 3.19. The van der Waals surface area contributed by atoms with Crippen molar-refractivity contribution in [3.63, 3.8) is 0 Å². The molecule has 0 atom stereocenters. The molecular weight excluding hydrogens is 256 g/mol. The van der Waals surface area contributed by atoms with E-state index in [1.54, 1.807) is 20.3 Å².